The van der Waals surface area contributed by atoms with Gasteiger partial charge < -0.3 is 14.4 Å². The fourth-order valence-electron chi connectivity index (χ4n) is 2.43. The van der Waals surface area contributed by atoms with Crippen molar-refractivity contribution in [1.29, 1.82) is 0 Å². The van der Waals surface area contributed by atoms with Crippen LogP contribution in [0, 0.1) is 10.1 Å². The average Bonchev–Trinajstić information content (AvgIpc) is 2.89. The number of rotatable bonds is 5. The number of aldehydes is 1. The monoisotopic (exact) mass is 280 g/mol. The largest absolute Gasteiger partial charge is 0.377 e. The van der Waals surface area contributed by atoms with E-state index in [1.165, 1.54) is 12.1 Å². The molecule has 20 heavy (non-hydrogen) atoms. The molecule has 7 nitrogen and oxygen atoms in total. The summed E-state index contributed by atoms with van der Waals surface area (Å²) in [5.41, 5.74) is 0.861. The fraction of sp³-hybridized carbons (Fsp3) is 0.462. The first-order chi connectivity index (χ1) is 9.60. The lowest BCUT2D eigenvalue weighted by atomic mass is 10.1. The molecule has 0 N–H and O–H groups in total. The topological polar surface area (TPSA) is 81.9 Å². The van der Waals surface area contributed by atoms with Gasteiger partial charge in [0.1, 0.15) is 12.2 Å². The number of nitrogens with zero attached hydrogens (tertiary/aromatic N) is 2. The van der Waals surface area contributed by atoms with E-state index in [4.69, 9.17) is 9.47 Å². The van der Waals surface area contributed by atoms with Gasteiger partial charge >= 0.3 is 0 Å². The molecular weight excluding hydrogens is 264 g/mol. The van der Waals surface area contributed by atoms with Crippen LogP contribution in [-0.4, -0.2) is 50.7 Å². The number of nitro benzene ring substituents is 1. The maximum atomic E-state index is 11.1. The first-order valence-electron chi connectivity index (χ1n) is 6.14. The second-order valence-electron chi connectivity index (χ2n) is 4.57. The number of hydrogen-bond donors (Lipinski definition) is 0. The van der Waals surface area contributed by atoms with Crippen molar-refractivity contribution in [2.75, 3.05) is 32.2 Å². The van der Waals surface area contributed by atoms with Gasteiger partial charge in [0.15, 0.2) is 6.29 Å². The predicted molar refractivity (Wildman–Crippen MR) is 72.3 cm³/mol. The minimum absolute atomic E-state index is 0.0882. The summed E-state index contributed by atoms with van der Waals surface area (Å²) in [6.07, 6.45) is 0.453. The van der Waals surface area contributed by atoms with Gasteiger partial charge in [0, 0.05) is 50.7 Å². The number of methoxy groups -OCH3 is 2. The van der Waals surface area contributed by atoms with Crippen molar-refractivity contribution in [3.05, 3.63) is 33.9 Å². The Morgan fingerprint density at radius 1 is 1.30 bits per heavy atom. The average molecular weight is 280 g/mol. The van der Waals surface area contributed by atoms with Gasteiger partial charge in [-0.1, -0.05) is 0 Å². The number of carbonyl (C=O) groups excluding carboxylic acids is 1. The van der Waals surface area contributed by atoms with Crippen LogP contribution < -0.4 is 4.90 Å². The van der Waals surface area contributed by atoms with Crippen LogP contribution in [0.5, 0.6) is 0 Å². The Labute approximate surface area is 116 Å². The summed E-state index contributed by atoms with van der Waals surface area (Å²) in [5, 5.41) is 10.7. The summed E-state index contributed by atoms with van der Waals surface area (Å²) in [6.45, 7) is 1.15. The Bertz CT molecular complexity index is 507. The number of carbonyl (C=O) groups is 1. The van der Waals surface area contributed by atoms with Crippen molar-refractivity contribution in [3.63, 3.8) is 0 Å². The Hall–Kier alpha value is -1.99. The van der Waals surface area contributed by atoms with Crippen LogP contribution in [0.15, 0.2) is 18.2 Å². The number of anilines is 1. The maximum absolute atomic E-state index is 11.1. The van der Waals surface area contributed by atoms with Crippen LogP contribution in [-0.2, 0) is 9.47 Å². The van der Waals surface area contributed by atoms with Gasteiger partial charge in [-0.05, 0) is 6.07 Å². The van der Waals surface area contributed by atoms with E-state index in [1.807, 2.05) is 4.90 Å². The summed E-state index contributed by atoms with van der Waals surface area (Å²) < 4.78 is 10.7. The molecule has 2 unspecified atom stereocenters. The highest BCUT2D eigenvalue weighted by Crippen LogP contribution is 2.28. The second kappa shape index (κ2) is 5.98. The molecule has 1 saturated heterocycles. The number of hydrogen-bond acceptors (Lipinski definition) is 6. The van der Waals surface area contributed by atoms with E-state index in [2.05, 4.69) is 0 Å². The quantitative estimate of drug-likeness (QED) is 0.459. The molecule has 7 heteroatoms. The van der Waals surface area contributed by atoms with E-state index in [0.717, 1.165) is 0 Å². The summed E-state index contributed by atoms with van der Waals surface area (Å²) in [4.78, 5) is 23.3. The molecule has 0 radical (unpaired) electrons. The summed E-state index contributed by atoms with van der Waals surface area (Å²) in [5.74, 6) is 0. The highest BCUT2D eigenvalue weighted by Gasteiger charge is 2.34. The van der Waals surface area contributed by atoms with Gasteiger partial charge in [-0.25, -0.2) is 0 Å². The van der Waals surface area contributed by atoms with Crippen molar-refractivity contribution < 1.29 is 19.2 Å². The molecule has 0 bridgehead atoms. The standard InChI is InChI=1S/C13H16N2O5/c1-19-12-6-14(7-13(12)20-2)11-4-3-10(15(17)18)5-9(11)8-16/h3-5,8,12-13H,6-7H2,1-2H3. The van der Waals surface area contributed by atoms with Crippen LogP contribution in [0.3, 0.4) is 0 Å². The van der Waals surface area contributed by atoms with Crippen molar-refractivity contribution in [2.45, 2.75) is 12.2 Å². The van der Waals surface area contributed by atoms with Crippen LogP contribution >= 0.6 is 0 Å². The molecule has 1 aromatic carbocycles. The number of nitro groups is 1. The predicted octanol–water partition coefficient (Wildman–Crippen LogP) is 1.26. The zero-order chi connectivity index (χ0) is 14.7. The number of non-ortho nitro benzene ring substituents is 1. The fourth-order valence-corrected chi connectivity index (χ4v) is 2.43. The third-order valence-electron chi connectivity index (χ3n) is 3.51. The smallest absolute Gasteiger partial charge is 0.270 e. The molecule has 0 saturated carbocycles. The molecule has 1 aromatic rings. The number of ether oxygens (including phenoxy) is 2. The molecule has 1 aliphatic heterocycles. The van der Waals surface area contributed by atoms with E-state index < -0.39 is 4.92 Å². The Morgan fingerprint density at radius 3 is 2.35 bits per heavy atom. The second-order valence-corrected chi connectivity index (χ2v) is 4.57. The Balaban J connectivity index is 2.29. The summed E-state index contributed by atoms with van der Waals surface area (Å²) in [7, 11) is 3.22. The molecule has 0 amide bonds. The minimum atomic E-state index is -0.517. The number of benzene rings is 1. The van der Waals surface area contributed by atoms with Crippen LogP contribution in [0.4, 0.5) is 11.4 Å². The summed E-state index contributed by atoms with van der Waals surface area (Å²) in [6, 6.07) is 4.27. The van der Waals surface area contributed by atoms with Gasteiger partial charge in [-0.3, -0.25) is 14.9 Å². The van der Waals surface area contributed by atoms with Crippen LogP contribution in [0.25, 0.3) is 0 Å². The molecule has 0 aliphatic carbocycles. The first kappa shape index (κ1) is 14.4. The SMILES string of the molecule is COC1CN(c2ccc([N+](=O)[O-])cc2C=O)CC1OC. The molecule has 1 aliphatic rings. The van der Waals surface area contributed by atoms with Gasteiger partial charge in [0.25, 0.3) is 5.69 Å². The lowest BCUT2D eigenvalue weighted by Crippen LogP contribution is -2.27. The van der Waals surface area contributed by atoms with Crippen molar-refractivity contribution in [1.82, 2.24) is 0 Å². The third-order valence-corrected chi connectivity index (χ3v) is 3.51. The Morgan fingerprint density at radius 2 is 1.90 bits per heavy atom. The van der Waals surface area contributed by atoms with Crippen molar-refractivity contribution >= 4 is 17.7 Å². The van der Waals surface area contributed by atoms with Crippen molar-refractivity contribution in [2.24, 2.45) is 0 Å². The van der Waals surface area contributed by atoms with E-state index in [9.17, 15) is 14.9 Å². The molecule has 1 fully saturated rings. The van der Waals surface area contributed by atoms with Gasteiger partial charge in [-0.15, -0.1) is 0 Å². The van der Waals surface area contributed by atoms with Gasteiger partial charge in [-0.2, -0.15) is 0 Å². The molecule has 2 rings (SSSR count). The maximum Gasteiger partial charge on any atom is 0.270 e. The molecule has 2 atom stereocenters. The van der Waals surface area contributed by atoms with Gasteiger partial charge in [0.05, 0.1) is 4.92 Å². The van der Waals surface area contributed by atoms with E-state index in [0.29, 0.717) is 30.6 Å². The first-order valence-corrected chi connectivity index (χ1v) is 6.14. The molecule has 108 valence electrons. The van der Waals surface area contributed by atoms with Crippen molar-refractivity contribution in [3.8, 4) is 0 Å². The molecule has 0 aromatic heterocycles. The van der Waals surface area contributed by atoms with Crippen LogP contribution in [0.2, 0.25) is 0 Å². The minimum Gasteiger partial charge on any atom is -0.377 e. The summed E-state index contributed by atoms with van der Waals surface area (Å²) >= 11 is 0. The molecule has 1 heterocycles. The highest BCUT2D eigenvalue weighted by atomic mass is 16.6. The lowest BCUT2D eigenvalue weighted by Gasteiger charge is -2.19. The normalized spacial score (nSPS) is 22.0. The molecular formula is C13H16N2O5. The van der Waals surface area contributed by atoms with E-state index in [1.54, 1.807) is 20.3 Å². The zero-order valence-electron chi connectivity index (χ0n) is 11.3. The Kier molecular flexibility index (Phi) is 4.31. The molecule has 0 spiro atoms. The van der Waals surface area contributed by atoms with Crippen LogP contribution in [0.1, 0.15) is 10.4 Å². The van der Waals surface area contributed by atoms with E-state index in [-0.39, 0.29) is 17.9 Å². The zero-order valence-corrected chi connectivity index (χ0v) is 11.3. The van der Waals surface area contributed by atoms with Gasteiger partial charge in [0.2, 0.25) is 0 Å². The third kappa shape index (κ3) is 2.63. The lowest BCUT2D eigenvalue weighted by molar-refractivity contribution is -0.384. The van der Waals surface area contributed by atoms with E-state index >= 15 is 0 Å². The highest BCUT2D eigenvalue weighted by molar-refractivity contribution is 5.86.